The number of pyridine rings is 1. The largest absolute Gasteiger partial charge is 0.419 e. The maximum absolute atomic E-state index is 12.2. The van der Waals surface area contributed by atoms with Crippen LogP contribution in [0.5, 0.6) is 0 Å². The molecule has 0 amide bonds. The number of anilines is 1. The van der Waals surface area contributed by atoms with E-state index in [1.807, 2.05) is 0 Å². The standard InChI is InChI=1S/C6H3ClF3IN2/c7-4-2(6(8,9)10)1-3(12)5(11)13-4/h1H,12H2. The van der Waals surface area contributed by atoms with Gasteiger partial charge in [0.25, 0.3) is 0 Å². The van der Waals surface area contributed by atoms with E-state index in [0.717, 1.165) is 6.07 Å². The minimum Gasteiger partial charge on any atom is -0.397 e. The quantitative estimate of drug-likeness (QED) is 0.589. The van der Waals surface area contributed by atoms with E-state index in [2.05, 4.69) is 4.98 Å². The van der Waals surface area contributed by atoms with E-state index in [-0.39, 0.29) is 9.39 Å². The normalized spacial score (nSPS) is 11.8. The zero-order valence-corrected chi connectivity index (χ0v) is 8.91. The van der Waals surface area contributed by atoms with Gasteiger partial charge in [-0.2, -0.15) is 13.2 Å². The Kier molecular flexibility index (Phi) is 2.91. The van der Waals surface area contributed by atoms with Crippen molar-refractivity contribution in [3.05, 3.63) is 20.5 Å². The Labute approximate surface area is 90.4 Å². The van der Waals surface area contributed by atoms with Crippen LogP contribution in [0.3, 0.4) is 0 Å². The molecule has 0 spiro atoms. The fraction of sp³-hybridized carbons (Fsp3) is 0.167. The van der Waals surface area contributed by atoms with Gasteiger partial charge in [-0.1, -0.05) is 11.6 Å². The van der Waals surface area contributed by atoms with Crippen LogP contribution in [-0.4, -0.2) is 4.98 Å². The predicted molar refractivity (Wildman–Crippen MR) is 51.4 cm³/mol. The maximum atomic E-state index is 12.2. The van der Waals surface area contributed by atoms with E-state index < -0.39 is 16.9 Å². The Morgan fingerprint density at radius 2 is 2.00 bits per heavy atom. The van der Waals surface area contributed by atoms with Crippen molar-refractivity contribution in [1.29, 1.82) is 0 Å². The first-order valence-corrected chi connectivity index (χ1v) is 4.46. The van der Waals surface area contributed by atoms with Gasteiger partial charge in [0, 0.05) is 0 Å². The maximum Gasteiger partial charge on any atom is 0.419 e. The molecule has 72 valence electrons. The summed E-state index contributed by atoms with van der Waals surface area (Å²) in [6, 6.07) is 0.775. The smallest absolute Gasteiger partial charge is 0.397 e. The lowest BCUT2D eigenvalue weighted by molar-refractivity contribution is -0.137. The molecule has 0 fully saturated rings. The summed E-state index contributed by atoms with van der Waals surface area (Å²) in [6.07, 6.45) is -4.51. The lowest BCUT2D eigenvalue weighted by Crippen LogP contribution is -2.09. The van der Waals surface area contributed by atoms with Crippen molar-refractivity contribution in [2.75, 3.05) is 5.73 Å². The predicted octanol–water partition coefficient (Wildman–Crippen LogP) is 2.94. The SMILES string of the molecule is Nc1cc(C(F)(F)F)c(Cl)nc1I. The van der Waals surface area contributed by atoms with Gasteiger partial charge in [0.2, 0.25) is 0 Å². The summed E-state index contributed by atoms with van der Waals surface area (Å²) in [4.78, 5) is 3.45. The molecule has 0 radical (unpaired) electrons. The van der Waals surface area contributed by atoms with Crippen LogP contribution in [0.1, 0.15) is 5.56 Å². The highest BCUT2D eigenvalue weighted by Gasteiger charge is 2.34. The topological polar surface area (TPSA) is 38.9 Å². The third-order valence-electron chi connectivity index (χ3n) is 1.26. The highest BCUT2D eigenvalue weighted by molar-refractivity contribution is 14.1. The first-order chi connectivity index (χ1) is 5.82. The molecule has 1 aromatic rings. The Balaban J connectivity index is 3.32. The number of halogens is 5. The molecule has 0 aliphatic rings. The number of rotatable bonds is 0. The van der Waals surface area contributed by atoms with Gasteiger partial charge in [0.1, 0.15) is 8.85 Å². The van der Waals surface area contributed by atoms with Gasteiger partial charge >= 0.3 is 6.18 Å². The molecule has 0 saturated heterocycles. The van der Waals surface area contributed by atoms with E-state index in [1.54, 1.807) is 22.6 Å². The first-order valence-electron chi connectivity index (χ1n) is 3.01. The number of hydrogen-bond donors (Lipinski definition) is 1. The highest BCUT2D eigenvalue weighted by Crippen LogP contribution is 2.35. The molecule has 1 rings (SSSR count). The second kappa shape index (κ2) is 3.49. The molecular formula is C6H3ClF3IN2. The van der Waals surface area contributed by atoms with Crippen molar-refractivity contribution >= 4 is 39.9 Å². The summed E-state index contributed by atoms with van der Waals surface area (Å²) in [5.74, 6) is 0. The molecule has 0 unspecified atom stereocenters. The Bertz CT molecular complexity index is 339. The second-order valence-electron chi connectivity index (χ2n) is 2.20. The van der Waals surface area contributed by atoms with E-state index in [1.165, 1.54) is 0 Å². The molecule has 2 N–H and O–H groups in total. The Morgan fingerprint density at radius 1 is 1.46 bits per heavy atom. The van der Waals surface area contributed by atoms with Crippen molar-refractivity contribution < 1.29 is 13.2 Å². The third-order valence-corrected chi connectivity index (χ3v) is 2.41. The van der Waals surface area contributed by atoms with Crippen molar-refractivity contribution in [3.8, 4) is 0 Å². The van der Waals surface area contributed by atoms with Crippen LogP contribution >= 0.6 is 34.2 Å². The second-order valence-corrected chi connectivity index (χ2v) is 3.58. The number of hydrogen-bond acceptors (Lipinski definition) is 2. The Hall–Kier alpha value is -0.240. The summed E-state index contributed by atoms with van der Waals surface area (Å²) < 4.78 is 36.8. The first kappa shape index (κ1) is 10.8. The van der Waals surface area contributed by atoms with Crippen LogP contribution < -0.4 is 5.73 Å². The summed E-state index contributed by atoms with van der Waals surface area (Å²) in [6.45, 7) is 0. The Morgan fingerprint density at radius 3 is 2.46 bits per heavy atom. The number of nitrogens with two attached hydrogens (primary N) is 1. The molecule has 1 heterocycles. The molecule has 1 aromatic heterocycles. The van der Waals surface area contributed by atoms with E-state index >= 15 is 0 Å². The molecule has 2 nitrogen and oxygen atoms in total. The van der Waals surface area contributed by atoms with Crippen LogP contribution in [0.15, 0.2) is 6.07 Å². The number of nitrogens with zero attached hydrogens (tertiary/aromatic N) is 1. The van der Waals surface area contributed by atoms with E-state index in [4.69, 9.17) is 17.3 Å². The molecule has 0 bridgehead atoms. The van der Waals surface area contributed by atoms with Crippen LogP contribution in [0.4, 0.5) is 18.9 Å². The van der Waals surface area contributed by atoms with Gasteiger partial charge in [-0.15, -0.1) is 0 Å². The lowest BCUT2D eigenvalue weighted by atomic mass is 10.2. The van der Waals surface area contributed by atoms with Crippen molar-refractivity contribution in [2.45, 2.75) is 6.18 Å². The minimum absolute atomic E-state index is 0.0303. The van der Waals surface area contributed by atoms with Crippen LogP contribution in [0, 0.1) is 3.70 Å². The van der Waals surface area contributed by atoms with Gasteiger partial charge in [0.05, 0.1) is 11.3 Å². The summed E-state index contributed by atoms with van der Waals surface area (Å²) >= 11 is 7.00. The average Bonchev–Trinajstić information content (AvgIpc) is 1.94. The monoisotopic (exact) mass is 322 g/mol. The molecule has 0 aliphatic carbocycles. The van der Waals surface area contributed by atoms with Crippen molar-refractivity contribution in [1.82, 2.24) is 4.98 Å². The zero-order valence-electron chi connectivity index (χ0n) is 5.99. The molecule has 13 heavy (non-hydrogen) atoms. The van der Waals surface area contributed by atoms with Gasteiger partial charge in [-0.25, -0.2) is 4.98 Å². The number of nitrogen functional groups attached to an aromatic ring is 1. The van der Waals surface area contributed by atoms with E-state index in [0.29, 0.717) is 0 Å². The van der Waals surface area contributed by atoms with Crippen LogP contribution in [0.25, 0.3) is 0 Å². The minimum atomic E-state index is -4.51. The van der Waals surface area contributed by atoms with Gasteiger partial charge in [-0.05, 0) is 28.7 Å². The molecule has 0 aromatic carbocycles. The average molecular weight is 322 g/mol. The molecule has 0 saturated carbocycles. The summed E-state index contributed by atoms with van der Waals surface area (Å²) in [5.41, 5.74) is 4.22. The molecule has 0 atom stereocenters. The number of alkyl halides is 3. The molecular weight excluding hydrogens is 319 g/mol. The van der Waals surface area contributed by atoms with E-state index in [9.17, 15) is 13.2 Å². The van der Waals surface area contributed by atoms with Crippen molar-refractivity contribution in [2.24, 2.45) is 0 Å². The zero-order chi connectivity index (χ0) is 10.2. The highest BCUT2D eigenvalue weighted by atomic mass is 127. The van der Waals surface area contributed by atoms with Gasteiger partial charge in [-0.3, -0.25) is 0 Å². The fourth-order valence-electron chi connectivity index (χ4n) is 0.684. The summed E-state index contributed by atoms with van der Waals surface area (Å²) in [7, 11) is 0. The van der Waals surface area contributed by atoms with Gasteiger partial charge in [0.15, 0.2) is 0 Å². The van der Waals surface area contributed by atoms with Crippen LogP contribution in [-0.2, 0) is 6.18 Å². The fourth-order valence-corrected chi connectivity index (χ4v) is 1.47. The van der Waals surface area contributed by atoms with Crippen molar-refractivity contribution in [3.63, 3.8) is 0 Å². The van der Waals surface area contributed by atoms with Crippen LogP contribution in [0.2, 0.25) is 5.15 Å². The molecule has 7 heteroatoms. The summed E-state index contributed by atoms with van der Waals surface area (Å²) in [5, 5.41) is -0.578. The lowest BCUT2D eigenvalue weighted by Gasteiger charge is -2.09. The third kappa shape index (κ3) is 2.37. The number of aromatic nitrogens is 1. The van der Waals surface area contributed by atoms with Gasteiger partial charge < -0.3 is 5.73 Å². The molecule has 0 aliphatic heterocycles.